The Hall–Kier alpha value is -6.89. The minimum atomic E-state index is -3.67. The van der Waals surface area contributed by atoms with Crippen molar-refractivity contribution < 1.29 is 109 Å². The summed E-state index contributed by atoms with van der Waals surface area (Å²) in [5, 5.41) is 25.6. The minimum Gasteiger partial charge on any atom is -0.466 e. The number of likely N-dealkylation sites (tertiary alicyclic amines) is 3. The molecular formula is C60H118ClN11O23S. The number of nitrogens with one attached hydrogen (secondary N) is 4. The van der Waals surface area contributed by atoms with E-state index in [4.69, 9.17) is 48.7 Å². The van der Waals surface area contributed by atoms with Gasteiger partial charge in [0, 0.05) is 83.5 Å². The molecule has 36 heteroatoms. The van der Waals surface area contributed by atoms with Crippen LogP contribution in [0.2, 0.25) is 0 Å². The first-order valence-corrected chi connectivity index (χ1v) is 31.5. The molecule has 4 saturated heterocycles. The summed E-state index contributed by atoms with van der Waals surface area (Å²) in [6.07, 6.45) is -1.21. The number of aliphatic hydroxyl groups is 1. The van der Waals surface area contributed by atoms with Gasteiger partial charge in [0.05, 0.1) is 63.5 Å². The van der Waals surface area contributed by atoms with Crippen molar-refractivity contribution in [3.05, 3.63) is 11.8 Å². The van der Waals surface area contributed by atoms with Crippen LogP contribution >= 0.6 is 12.4 Å². The third kappa shape index (κ3) is 56.3. The van der Waals surface area contributed by atoms with Gasteiger partial charge in [-0.05, 0) is 132 Å². The van der Waals surface area contributed by atoms with Crippen LogP contribution in [0.5, 0.6) is 0 Å². The SMILES string of the molecule is C.CC(C)(C)OC(=O)NC=C1CN(C(=O)OC(C)(C)C)CC1=O.CC(C)(C)OC(=O)NCC1CN(C(=O)OC(C)(C)C)CC1=O.CCOC(C)=O.CO.CO/N=C1\CN(C(=O)OC(C)(C)C)CC1CNC(=O)OC(C)(C)C.CO/N=C1\CNCC1CN.CON.CS(=O)(=O)O.Cl. The Bertz CT molecular complexity index is 2560. The second kappa shape index (κ2) is 47.9. The summed E-state index contributed by atoms with van der Waals surface area (Å²) in [5.41, 5.74) is 3.95. The lowest BCUT2D eigenvalue weighted by molar-refractivity contribution is -0.140. The summed E-state index contributed by atoms with van der Waals surface area (Å²) >= 11 is 0. The van der Waals surface area contributed by atoms with Crippen LogP contribution in [0.25, 0.3) is 0 Å². The number of carbonyl (C=O) groups excluding carboxylic acids is 9. The maximum atomic E-state index is 12.2. The van der Waals surface area contributed by atoms with Gasteiger partial charge in [0.25, 0.3) is 10.1 Å². The van der Waals surface area contributed by atoms with Gasteiger partial charge in [0.15, 0.2) is 11.6 Å². The molecule has 6 amide bonds. The first kappa shape index (κ1) is 100. The number of ketones is 2. The lowest BCUT2D eigenvalue weighted by atomic mass is 10.1. The standard InChI is InChI=1S/C16H29N3O5.C15H26N2O5.C15H24N2O5.C6H13N3O.C4H8O2.CH5NO.CH4O3S.CH4O.CH4.ClH/c1-15(2,3)23-13(20)17-8-11-9-19(10-12(11)18-22-7)14(21)24-16(4,5)6;2*1-14(2,3)21-12(19)16-7-10-8-17(9-11(10)18)13(20)22-15(4,5)6;1-10-9-6-4-8-3-5(6)2-7;1-3-6-4(2)5;1-3-2;1-5(2,3)4;1-2;;/h11H,8-10H2,1-7H3,(H,17,20);10H,7-9H2,1-6H3,(H,16,19);7H,8-9H2,1-6H3,(H,16,19);5,8H,2-4,7H2,1H3;3H2,1-2H3;2H2,1H3;1H3,(H,2,3,4);2H,1H3;1H4;1H/b18-12+;;;9-6+;;;;;;. The molecule has 4 rings (SSSR count). The number of rotatable bonds is 9. The monoisotopic (exact) mass is 1430 g/mol. The highest BCUT2D eigenvalue weighted by molar-refractivity contribution is 7.85. The average Bonchev–Trinajstić information content (AvgIpc) is 1.73. The van der Waals surface area contributed by atoms with E-state index in [-0.39, 0.29) is 76.0 Å². The highest BCUT2D eigenvalue weighted by Gasteiger charge is 2.38. The molecule has 564 valence electrons. The molecule has 0 radical (unpaired) electrons. The molecule has 34 nitrogen and oxygen atoms in total. The van der Waals surface area contributed by atoms with Gasteiger partial charge in [-0.2, -0.15) is 8.42 Å². The molecule has 4 fully saturated rings. The summed E-state index contributed by atoms with van der Waals surface area (Å²) in [4.78, 5) is 122. The number of Topliss-reactive ketones (excluding diaryl/α,β-unsaturated/α-hetero) is 2. The van der Waals surface area contributed by atoms with Crippen molar-refractivity contribution in [2.45, 2.75) is 180 Å². The van der Waals surface area contributed by atoms with Gasteiger partial charge >= 0.3 is 42.5 Å². The Labute approximate surface area is 575 Å². The first-order chi connectivity index (χ1) is 42.7. The molecule has 0 aliphatic carbocycles. The Kier molecular flexibility index (Phi) is 50.0. The number of halogens is 1. The average molecular weight is 1430 g/mol. The molecule has 0 saturated carbocycles. The molecule has 4 aliphatic rings. The van der Waals surface area contributed by atoms with Crippen LogP contribution < -0.4 is 32.9 Å². The van der Waals surface area contributed by atoms with Crippen LogP contribution in [0, 0.1) is 17.8 Å². The molecular weight excluding hydrogens is 1310 g/mol. The summed E-state index contributed by atoms with van der Waals surface area (Å²) in [6, 6.07) is 0. The Balaban J connectivity index is -0.000000265. The molecule has 0 aromatic heterocycles. The molecule has 0 bridgehead atoms. The second-order valence-corrected chi connectivity index (χ2v) is 27.9. The second-order valence-electron chi connectivity index (χ2n) is 26.4. The maximum absolute atomic E-state index is 12.2. The van der Waals surface area contributed by atoms with Crippen molar-refractivity contribution in [3.8, 4) is 0 Å². The first-order valence-electron chi connectivity index (χ1n) is 29.7. The van der Waals surface area contributed by atoms with E-state index in [0.29, 0.717) is 56.2 Å². The van der Waals surface area contributed by atoms with E-state index >= 15 is 0 Å². The summed E-state index contributed by atoms with van der Waals surface area (Å²) in [6.45, 7) is 39.4. The van der Waals surface area contributed by atoms with E-state index in [9.17, 15) is 51.6 Å². The number of hydrogen-bond donors (Lipinski definition) is 8. The van der Waals surface area contributed by atoms with Crippen LogP contribution in [0.3, 0.4) is 0 Å². The van der Waals surface area contributed by atoms with Crippen molar-refractivity contribution in [1.29, 1.82) is 0 Å². The number of nitrogens with two attached hydrogens (primary N) is 2. The third-order valence-electron chi connectivity index (χ3n) is 10.3. The van der Waals surface area contributed by atoms with Crippen molar-refractivity contribution in [1.82, 2.24) is 36.0 Å². The normalized spacial score (nSPS) is 17.8. The Morgan fingerprint density at radius 3 is 1.31 bits per heavy atom. The molecule has 3 unspecified atom stereocenters. The van der Waals surface area contributed by atoms with Gasteiger partial charge in [0.1, 0.15) is 47.8 Å². The number of nitrogens with zero attached hydrogens (tertiary/aromatic N) is 5. The van der Waals surface area contributed by atoms with Crippen LogP contribution in [0.15, 0.2) is 22.1 Å². The molecule has 0 aromatic rings. The number of carbonyl (C=O) groups is 9. The highest BCUT2D eigenvalue weighted by atomic mass is 35.5. The van der Waals surface area contributed by atoms with E-state index in [1.165, 1.54) is 37.1 Å². The molecule has 0 spiro atoms. The number of amides is 6. The number of aliphatic hydroxyl groups excluding tert-OH is 1. The van der Waals surface area contributed by atoms with Gasteiger partial charge in [-0.1, -0.05) is 17.7 Å². The van der Waals surface area contributed by atoms with Crippen molar-refractivity contribution in [3.63, 3.8) is 0 Å². The molecule has 10 N–H and O–H groups in total. The maximum Gasteiger partial charge on any atom is 0.411 e. The van der Waals surface area contributed by atoms with Gasteiger partial charge in [-0.3, -0.25) is 29.2 Å². The number of ether oxygens (including phenoxy) is 7. The van der Waals surface area contributed by atoms with Crippen molar-refractivity contribution >= 4 is 88.0 Å². The predicted octanol–water partition coefficient (Wildman–Crippen LogP) is 5.96. The largest absolute Gasteiger partial charge is 0.466 e. The summed E-state index contributed by atoms with van der Waals surface area (Å²) in [5.74, 6) is 3.60. The van der Waals surface area contributed by atoms with E-state index in [0.717, 1.165) is 25.9 Å². The third-order valence-corrected chi connectivity index (χ3v) is 10.3. The zero-order valence-electron chi connectivity index (χ0n) is 60.5. The fourth-order valence-electron chi connectivity index (χ4n) is 7.01. The smallest absolute Gasteiger partial charge is 0.411 e. The summed E-state index contributed by atoms with van der Waals surface area (Å²) in [7, 11) is 1.74. The fourth-order valence-corrected chi connectivity index (χ4v) is 7.01. The van der Waals surface area contributed by atoms with Crippen LogP contribution in [-0.4, -0.2) is 245 Å². The van der Waals surface area contributed by atoms with Gasteiger partial charge in [-0.25, -0.2) is 34.7 Å². The molecule has 3 atom stereocenters. The van der Waals surface area contributed by atoms with Crippen molar-refractivity contribution in [2.24, 2.45) is 39.7 Å². The number of oxime groups is 2. The molecule has 96 heavy (non-hydrogen) atoms. The van der Waals surface area contributed by atoms with E-state index < -0.39 is 86.2 Å². The molecule has 4 heterocycles. The van der Waals surface area contributed by atoms with Gasteiger partial charge in [-0.15, -0.1) is 12.4 Å². The highest BCUT2D eigenvalue weighted by Crippen LogP contribution is 2.21. The minimum absolute atomic E-state index is 0. The predicted molar refractivity (Wildman–Crippen MR) is 364 cm³/mol. The van der Waals surface area contributed by atoms with Crippen molar-refractivity contribution in [2.75, 3.05) is 113 Å². The lowest BCUT2D eigenvalue weighted by Crippen LogP contribution is -2.38. The van der Waals surface area contributed by atoms with Crippen LogP contribution in [0.1, 0.15) is 146 Å². The molecule has 4 aliphatic heterocycles. The Morgan fingerprint density at radius 1 is 0.604 bits per heavy atom. The lowest BCUT2D eigenvalue weighted by Gasteiger charge is -2.24. The Morgan fingerprint density at radius 2 is 0.958 bits per heavy atom. The van der Waals surface area contributed by atoms with Crippen LogP contribution in [0.4, 0.5) is 28.8 Å². The van der Waals surface area contributed by atoms with Crippen LogP contribution in [-0.2, 0) is 72.2 Å². The number of esters is 1. The zero-order chi connectivity index (χ0) is 74.4. The summed E-state index contributed by atoms with van der Waals surface area (Å²) < 4.78 is 61.5. The molecule has 0 aromatic carbocycles. The topological polar surface area (TPSA) is 455 Å². The quantitative estimate of drug-likeness (QED) is 0.0434. The number of hydrogen-bond acceptors (Lipinski definition) is 27. The van der Waals surface area contributed by atoms with Gasteiger partial charge in [0.2, 0.25) is 0 Å². The number of alkyl carbamates (subject to hydrolysis) is 3. The van der Waals surface area contributed by atoms with E-state index in [1.54, 1.807) is 123 Å². The van der Waals surface area contributed by atoms with E-state index in [1.807, 2.05) is 20.8 Å². The van der Waals surface area contributed by atoms with Gasteiger partial charge < -0.3 is 84.3 Å². The van der Waals surface area contributed by atoms with E-state index in [2.05, 4.69) is 51.9 Å². The fraction of sp³-hybridized carbons (Fsp3) is 0.783. The zero-order valence-corrected chi connectivity index (χ0v) is 62.1.